The van der Waals surface area contributed by atoms with E-state index in [1.165, 1.54) is 31.7 Å². The summed E-state index contributed by atoms with van der Waals surface area (Å²) < 4.78 is 14.5. The largest absolute Gasteiger partial charge is 0.367 e. The molecule has 4 aromatic rings. The van der Waals surface area contributed by atoms with Crippen molar-refractivity contribution in [1.29, 1.82) is 0 Å². The number of anilines is 1. The Bertz CT molecular complexity index is 1310. The van der Waals surface area contributed by atoms with Gasteiger partial charge in [0, 0.05) is 39.8 Å². The first kappa shape index (κ1) is 20.7. The molecule has 2 aromatic heterocycles. The zero-order chi connectivity index (χ0) is 22.5. The standard InChI is InChI=1S/C27H26ClFN4/c1-15-16-7-9-18(10-8-16)25(15)32-24-13-23(17-5-3-2-4-6-17)31-27(33-24)21-14-30-26-20(21)11-19(28)12-22(26)29/h2-6,11-16,18,25,30H,7-10H2,1H3,(H,31,32,33)/t15-,16?,18?,25-/m0/s1. The lowest BCUT2D eigenvalue weighted by atomic mass is 9.62. The Hall–Kier alpha value is -2.92. The molecule has 2 atom stereocenters. The van der Waals surface area contributed by atoms with Crippen LogP contribution in [0.4, 0.5) is 10.2 Å². The molecule has 2 N–H and O–H groups in total. The molecule has 2 aromatic carbocycles. The summed E-state index contributed by atoms with van der Waals surface area (Å²) in [5.41, 5.74) is 3.02. The highest BCUT2D eigenvalue weighted by Crippen LogP contribution is 2.46. The highest BCUT2D eigenvalue weighted by atomic mass is 35.5. The molecule has 0 aliphatic heterocycles. The summed E-state index contributed by atoms with van der Waals surface area (Å²) >= 11 is 6.17. The van der Waals surface area contributed by atoms with Crippen LogP contribution in [-0.4, -0.2) is 21.0 Å². The number of fused-ring (bicyclic) bond motifs is 4. The van der Waals surface area contributed by atoms with Crippen LogP contribution in [0.15, 0.2) is 54.7 Å². The molecule has 0 saturated heterocycles. The first-order valence-corrected chi connectivity index (χ1v) is 12.1. The lowest BCUT2D eigenvalue weighted by Gasteiger charge is -2.47. The van der Waals surface area contributed by atoms with Crippen molar-refractivity contribution in [2.45, 2.75) is 38.6 Å². The number of benzene rings is 2. The first-order valence-electron chi connectivity index (χ1n) is 11.7. The van der Waals surface area contributed by atoms with Gasteiger partial charge in [0.2, 0.25) is 0 Å². The molecule has 0 radical (unpaired) electrons. The van der Waals surface area contributed by atoms with Crippen LogP contribution < -0.4 is 5.32 Å². The second-order valence-electron chi connectivity index (χ2n) is 9.54. The van der Waals surface area contributed by atoms with E-state index in [4.69, 9.17) is 21.6 Å². The third-order valence-corrected chi connectivity index (χ3v) is 7.91. The highest BCUT2D eigenvalue weighted by Gasteiger charge is 2.41. The fraction of sp³-hybridized carbons (Fsp3) is 0.333. The van der Waals surface area contributed by atoms with Gasteiger partial charge in [0.25, 0.3) is 0 Å². The molecule has 0 spiro atoms. The molecule has 4 nitrogen and oxygen atoms in total. The molecule has 33 heavy (non-hydrogen) atoms. The predicted molar refractivity (Wildman–Crippen MR) is 132 cm³/mol. The van der Waals surface area contributed by atoms with Gasteiger partial charge in [0.1, 0.15) is 11.6 Å². The van der Waals surface area contributed by atoms with E-state index < -0.39 is 0 Å². The summed E-state index contributed by atoms with van der Waals surface area (Å²) in [5, 5.41) is 4.82. The molecule has 0 unspecified atom stereocenters. The Morgan fingerprint density at radius 2 is 1.76 bits per heavy atom. The van der Waals surface area contributed by atoms with Crippen molar-refractivity contribution in [1.82, 2.24) is 15.0 Å². The third-order valence-electron chi connectivity index (χ3n) is 7.69. The normalized spacial score (nSPS) is 24.3. The molecular formula is C27H26ClFN4. The SMILES string of the molecule is C[C@H]1C2CCC(CC2)[C@H]1Nc1cc(-c2ccccc2)nc(-c2c[nH]c3c(F)cc(Cl)cc23)n1. The summed E-state index contributed by atoms with van der Waals surface area (Å²) in [7, 11) is 0. The van der Waals surface area contributed by atoms with Crippen LogP contribution in [0, 0.1) is 23.6 Å². The lowest BCUT2D eigenvalue weighted by Crippen LogP contribution is -2.47. The monoisotopic (exact) mass is 460 g/mol. The summed E-state index contributed by atoms with van der Waals surface area (Å²) in [6.45, 7) is 2.37. The average molecular weight is 461 g/mol. The van der Waals surface area contributed by atoms with Crippen LogP contribution in [0.2, 0.25) is 5.02 Å². The van der Waals surface area contributed by atoms with E-state index in [1.54, 1.807) is 12.3 Å². The average Bonchev–Trinajstić information content (AvgIpc) is 3.26. The van der Waals surface area contributed by atoms with E-state index >= 15 is 0 Å². The van der Waals surface area contributed by atoms with Gasteiger partial charge >= 0.3 is 0 Å². The van der Waals surface area contributed by atoms with Crippen LogP contribution >= 0.6 is 11.6 Å². The highest BCUT2D eigenvalue weighted by molar-refractivity contribution is 6.31. The van der Waals surface area contributed by atoms with E-state index in [0.717, 1.165) is 28.6 Å². The molecule has 168 valence electrons. The molecule has 7 rings (SSSR count). The van der Waals surface area contributed by atoms with Gasteiger partial charge in [-0.05, 0) is 55.6 Å². The van der Waals surface area contributed by atoms with E-state index in [1.807, 2.05) is 36.4 Å². The fourth-order valence-corrected chi connectivity index (χ4v) is 6.12. The van der Waals surface area contributed by atoms with E-state index in [0.29, 0.717) is 39.6 Å². The molecule has 3 aliphatic carbocycles. The van der Waals surface area contributed by atoms with Gasteiger partial charge in [-0.25, -0.2) is 14.4 Å². The Morgan fingerprint density at radius 1 is 1.00 bits per heavy atom. The second-order valence-corrected chi connectivity index (χ2v) is 9.98. The summed E-state index contributed by atoms with van der Waals surface area (Å²) in [4.78, 5) is 12.8. The van der Waals surface area contributed by atoms with Crippen LogP contribution in [0.3, 0.4) is 0 Å². The Morgan fingerprint density at radius 3 is 2.52 bits per heavy atom. The predicted octanol–water partition coefficient (Wildman–Crippen LogP) is 7.32. The minimum absolute atomic E-state index is 0.352. The fourth-order valence-electron chi connectivity index (χ4n) is 5.91. The van der Waals surface area contributed by atoms with Crippen molar-refractivity contribution in [3.63, 3.8) is 0 Å². The van der Waals surface area contributed by atoms with E-state index in [9.17, 15) is 4.39 Å². The van der Waals surface area contributed by atoms with Crippen LogP contribution in [-0.2, 0) is 0 Å². The van der Waals surface area contributed by atoms with Crippen molar-refractivity contribution in [2.24, 2.45) is 17.8 Å². The molecular weight excluding hydrogens is 435 g/mol. The molecule has 0 amide bonds. The number of nitrogens with zero attached hydrogens (tertiary/aromatic N) is 2. The number of aromatic amines is 1. The number of rotatable bonds is 4. The van der Waals surface area contributed by atoms with Gasteiger partial charge in [0.15, 0.2) is 5.82 Å². The zero-order valence-electron chi connectivity index (χ0n) is 18.5. The number of aromatic nitrogens is 3. The quantitative estimate of drug-likeness (QED) is 0.335. The molecule has 3 fully saturated rings. The minimum Gasteiger partial charge on any atom is -0.367 e. The van der Waals surface area contributed by atoms with Gasteiger partial charge in [-0.2, -0.15) is 0 Å². The topological polar surface area (TPSA) is 53.6 Å². The molecule has 3 aliphatic rings. The van der Waals surface area contributed by atoms with Gasteiger partial charge in [-0.15, -0.1) is 0 Å². The minimum atomic E-state index is -0.381. The number of nitrogens with one attached hydrogen (secondary N) is 2. The molecule has 2 bridgehead atoms. The number of H-pyrrole nitrogens is 1. The van der Waals surface area contributed by atoms with Crippen molar-refractivity contribution >= 4 is 28.3 Å². The molecule has 3 saturated carbocycles. The Labute approximate surface area is 197 Å². The Balaban J connectivity index is 1.46. The summed E-state index contributed by atoms with van der Waals surface area (Å²) in [5.74, 6) is 3.09. The van der Waals surface area contributed by atoms with Crippen molar-refractivity contribution < 1.29 is 4.39 Å². The maximum absolute atomic E-state index is 14.5. The van der Waals surface area contributed by atoms with Crippen LogP contribution in [0.25, 0.3) is 33.5 Å². The lowest BCUT2D eigenvalue weighted by molar-refractivity contribution is 0.0928. The number of halogens is 2. The van der Waals surface area contributed by atoms with Crippen molar-refractivity contribution in [2.75, 3.05) is 5.32 Å². The van der Waals surface area contributed by atoms with Crippen molar-refractivity contribution in [3.8, 4) is 22.6 Å². The second kappa shape index (κ2) is 8.14. The van der Waals surface area contributed by atoms with Crippen molar-refractivity contribution in [3.05, 3.63) is 65.6 Å². The molecule has 6 heteroatoms. The van der Waals surface area contributed by atoms with E-state index in [-0.39, 0.29) is 5.82 Å². The summed E-state index contributed by atoms with van der Waals surface area (Å²) in [6, 6.07) is 15.6. The third kappa shape index (κ3) is 3.68. The summed E-state index contributed by atoms with van der Waals surface area (Å²) in [6.07, 6.45) is 7.03. The Kier molecular flexibility index (Phi) is 5.10. The first-order chi connectivity index (χ1) is 16.1. The maximum atomic E-state index is 14.5. The smallest absolute Gasteiger partial charge is 0.164 e. The zero-order valence-corrected chi connectivity index (χ0v) is 19.2. The van der Waals surface area contributed by atoms with Gasteiger partial charge in [-0.1, -0.05) is 48.9 Å². The molecule has 2 heterocycles. The van der Waals surface area contributed by atoms with Crippen LogP contribution in [0.1, 0.15) is 32.6 Å². The van der Waals surface area contributed by atoms with Gasteiger partial charge in [-0.3, -0.25) is 0 Å². The number of hydrogen-bond donors (Lipinski definition) is 2. The number of hydrogen-bond acceptors (Lipinski definition) is 3. The van der Waals surface area contributed by atoms with Gasteiger partial charge < -0.3 is 10.3 Å². The van der Waals surface area contributed by atoms with Gasteiger partial charge in [0.05, 0.1) is 11.2 Å². The maximum Gasteiger partial charge on any atom is 0.164 e. The van der Waals surface area contributed by atoms with Crippen LogP contribution in [0.5, 0.6) is 0 Å². The van der Waals surface area contributed by atoms with E-state index in [2.05, 4.69) is 17.2 Å².